The molecule has 1 saturated heterocycles. The van der Waals surface area contributed by atoms with Crippen LogP contribution in [0, 0.1) is 0 Å². The van der Waals surface area contributed by atoms with Crippen molar-refractivity contribution in [3.63, 3.8) is 0 Å². The molecule has 6 heteroatoms. The molecule has 0 saturated carbocycles. The van der Waals surface area contributed by atoms with Crippen LogP contribution >= 0.6 is 11.6 Å². The number of piperazine rings is 1. The number of pyridine rings is 1. The molecule has 1 unspecified atom stereocenters. The fraction of sp³-hybridized carbons (Fsp3) is 0.538. The summed E-state index contributed by atoms with van der Waals surface area (Å²) < 4.78 is 0. The predicted octanol–water partition coefficient (Wildman–Crippen LogP) is 0.711. The minimum atomic E-state index is -0.106. The van der Waals surface area contributed by atoms with Crippen molar-refractivity contribution in [2.45, 2.75) is 6.04 Å². The third kappa shape index (κ3) is 3.89. The van der Waals surface area contributed by atoms with Crippen LogP contribution in [-0.4, -0.2) is 67.0 Å². The summed E-state index contributed by atoms with van der Waals surface area (Å²) >= 11 is 5.77. The lowest BCUT2D eigenvalue weighted by atomic mass is 10.1. The smallest absolute Gasteiger partial charge is 0.251 e. The van der Waals surface area contributed by atoms with Crippen LogP contribution < -0.4 is 5.32 Å². The number of hydrogen-bond acceptors (Lipinski definition) is 4. The molecular formula is C13H19ClN4O. The van der Waals surface area contributed by atoms with Crippen molar-refractivity contribution < 1.29 is 4.79 Å². The van der Waals surface area contributed by atoms with Gasteiger partial charge >= 0.3 is 0 Å². The first-order valence-corrected chi connectivity index (χ1v) is 6.72. The first kappa shape index (κ1) is 14.2. The molecule has 0 spiro atoms. The van der Waals surface area contributed by atoms with E-state index >= 15 is 0 Å². The van der Waals surface area contributed by atoms with E-state index in [0.717, 1.165) is 19.6 Å². The maximum absolute atomic E-state index is 12.0. The predicted molar refractivity (Wildman–Crippen MR) is 75.5 cm³/mol. The number of carbonyl (C=O) groups excluding carboxylic acids is 1. The van der Waals surface area contributed by atoms with E-state index in [1.807, 2.05) is 0 Å². The lowest BCUT2D eigenvalue weighted by Gasteiger charge is -2.37. The van der Waals surface area contributed by atoms with Crippen LogP contribution in [-0.2, 0) is 0 Å². The third-order valence-corrected chi connectivity index (χ3v) is 3.67. The van der Waals surface area contributed by atoms with E-state index in [4.69, 9.17) is 11.6 Å². The number of halogens is 1. The van der Waals surface area contributed by atoms with Gasteiger partial charge in [-0.3, -0.25) is 9.69 Å². The Hall–Kier alpha value is -1.17. The quantitative estimate of drug-likeness (QED) is 0.830. The normalized spacial score (nSPS) is 21.3. The van der Waals surface area contributed by atoms with Crippen molar-refractivity contribution in [3.8, 4) is 0 Å². The third-order valence-electron chi connectivity index (χ3n) is 3.47. The number of amides is 1. The Morgan fingerprint density at radius 2 is 2.32 bits per heavy atom. The summed E-state index contributed by atoms with van der Waals surface area (Å²) in [5.74, 6) is -0.106. The van der Waals surface area contributed by atoms with Gasteiger partial charge in [0.05, 0.1) is 0 Å². The van der Waals surface area contributed by atoms with Crippen molar-refractivity contribution >= 4 is 17.5 Å². The highest BCUT2D eigenvalue weighted by Gasteiger charge is 2.22. The van der Waals surface area contributed by atoms with E-state index in [0.29, 0.717) is 23.3 Å². The van der Waals surface area contributed by atoms with E-state index in [9.17, 15) is 4.79 Å². The molecule has 5 nitrogen and oxygen atoms in total. The van der Waals surface area contributed by atoms with E-state index < -0.39 is 0 Å². The second-order valence-electron chi connectivity index (χ2n) is 4.97. The molecule has 0 aromatic carbocycles. The molecule has 1 aliphatic rings. The molecule has 2 heterocycles. The van der Waals surface area contributed by atoms with Gasteiger partial charge in [0.1, 0.15) is 5.15 Å². The van der Waals surface area contributed by atoms with Gasteiger partial charge in [0.25, 0.3) is 5.91 Å². The molecule has 1 amide bonds. The minimum Gasteiger partial charge on any atom is -0.350 e. The highest BCUT2D eigenvalue weighted by molar-refractivity contribution is 6.29. The van der Waals surface area contributed by atoms with Gasteiger partial charge in [-0.1, -0.05) is 11.6 Å². The van der Waals surface area contributed by atoms with Crippen LogP contribution in [0.15, 0.2) is 18.3 Å². The molecule has 2 rings (SSSR count). The van der Waals surface area contributed by atoms with Crippen molar-refractivity contribution in [1.29, 1.82) is 0 Å². The molecule has 19 heavy (non-hydrogen) atoms. The summed E-state index contributed by atoms with van der Waals surface area (Å²) in [4.78, 5) is 20.4. The average molecular weight is 283 g/mol. The fourth-order valence-electron chi connectivity index (χ4n) is 2.18. The zero-order valence-corrected chi connectivity index (χ0v) is 12.0. The van der Waals surface area contributed by atoms with Crippen LogP contribution in [0.2, 0.25) is 5.15 Å². The number of carbonyl (C=O) groups is 1. The summed E-state index contributed by atoms with van der Waals surface area (Å²) in [5.41, 5.74) is 0.548. The largest absolute Gasteiger partial charge is 0.350 e. The SMILES string of the molecule is CN1CCN(C)C(CNC(=O)c2ccnc(Cl)c2)C1. The lowest BCUT2D eigenvalue weighted by Crippen LogP contribution is -2.54. The standard InChI is InChI=1S/C13H19ClN4O/c1-17-5-6-18(2)11(9-17)8-16-13(19)10-3-4-15-12(14)7-10/h3-4,7,11H,5-6,8-9H2,1-2H3,(H,16,19). The number of likely N-dealkylation sites (N-methyl/N-ethyl adjacent to an activating group) is 2. The number of hydrogen-bond donors (Lipinski definition) is 1. The number of aromatic nitrogens is 1. The average Bonchev–Trinajstić information content (AvgIpc) is 2.39. The lowest BCUT2D eigenvalue weighted by molar-refractivity contribution is 0.0881. The molecule has 1 atom stereocenters. The van der Waals surface area contributed by atoms with Gasteiger partial charge in [0.2, 0.25) is 0 Å². The zero-order valence-electron chi connectivity index (χ0n) is 11.3. The summed E-state index contributed by atoms with van der Waals surface area (Å²) in [5, 5.41) is 3.29. The van der Waals surface area contributed by atoms with E-state index in [-0.39, 0.29) is 5.91 Å². The molecule has 1 aromatic rings. The second kappa shape index (κ2) is 6.32. The Morgan fingerprint density at radius 3 is 3.05 bits per heavy atom. The molecular weight excluding hydrogens is 264 g/mol. The highest BCUT2D eigenvalue weighted by atomic mass is 35.5. The fourth-order valence-corrected chi connectivity index (χ4v) is 2.35. The molecule has 104 valence electrons. The van der Waals surface area contributed by atoms with Crippen LogP contribution in [0.4, 0.5) is 0 Å². The van der Waals surface area contributed by atoms with Crippen LogP contribution in [0.1, 0.15) is 10.4 Å². The molecule has 0 aliphatic carbocycles. The van der Waals surface area contributed by atoms with E-state index in [1.165, 1.54) is 6.20 Å². The van der Waals surface area contributed by atoms with Crippen molar-refractivity contribution in [2.24, 2.45) is 0 Å². The molecule has 1 aromatic heterocycles. The van der Waals surface area contributed by atoms with Crippen molar-refractivity contribution in [1.82, 2.24) is 20.1 Å². The van der Waals surface area contributed by atoms with Gasteiger partial charge in [0.15, 0.2) is 0 Å². The number of nitrogens with one attached hydrogen (secondary N) is 1. The summed E-state index contributed by atoms with van der Waals surface area (Å²) in [6.45, 7) is 3.70. The van der Waals surface area contributed by atoms with Crippen LogP contribution in [0.5, 0.6) is 0 Å². The minimum absolute atomic E-state index is 0.106. The van der Waals surface area contributed by atoms with Crippen LogP contribution in [0.3, 0.4) is 0 Å². The van der Waals surface area contributed by atoms with Crippen molar-refractivity contribution in [2.75, 3.05) is 40.3 Å². The Labute approximate surface area is 118 Å². The molecule has 1 fully saturated rings. The maximum atomic E-state index is 12.0. The van der Waals surface area contributed by atoms with E-state index in [2.05, 4.69) is 34.2 Å². The first-order chi connectivity index (χ1) is 9.06. The van der Waals surface area contributed by atoms with Gasteiger partial charge in [-0.25, -0.2) is 4.98 Å². The van der Waals surface area contributed by atoms with Gasteiger partial charge in [-0.05, 0) is 26.2 Å². The second-order valence-corrected chi connectivity index (χ2v) is 5.36. The monoisotopic (exact) mass is 282 g/mol. The Balaban J connectivity index is 1.89. The Morgan fingerprint density at radius 1 is 1.53 bits per heavy atom. The zero-order chi connectivity index (χ0) is 13.8. The molecule has 0 bridgehead atoms. The molecule has 1 N–H and O–H groups in total. The molecule has 0 radical (unpaired) electrons. The Kier molecular flexibility index (Phi) is 4.74. The van der Waals surface area contributed by atoms with E-state index in [1.54, 1.807) is 12.1 Å². The number of rotatable bonds is 3. The van der Waals surface area contributed by atoms with Gasteiger partial charge in [-0.2, -0.15) is 0 Å². The topological polar surface area (TPSA) is 48.5 Å². The highest BCUT2D eigenvalue weighted by Crippen LogP contribution is 2.08. The first-order valence-electron chi connectivity index (χ1n) is 6.35. The summed E-state index contributed by atoms with van der Waals surface area (Å²) in [7, 11) is 4.19. The van der Waals surface area contributed by atoms with Gasteiger partial charge in [0, 0.05) is 44.0 Å². The summed E-state index contributed by atoms with van der Waals surface area (Å²) in [6.07, 6.45) is 1.54. The van der Waals surface area contributed by atoms with Crippen LogP contribution in [0.25, 0.3) is 0 Å². The van der Waals surface area contributed by atoms with Gasteiger partial charge in [-0.15, -0.1) is 0 Å². The Bertz CT molecular complexity index is 454. The number of nitrogens with zero attached hydrogens (tertiary/aromatic N) is 3. The van der Waals surface area contributed by atoms with Crippen molar-refractivity contribution in [3.05, 3.63) is 29.0 Å². The maximum Gasteiger partial charge on any atom is 0.251 e. The van der Waals surface area contributed by atoms with Gasteiger partial charge < -0.3 is 10.2 Å². The summed E-state index contributed by atoms with van der Waals surface area (Å²) in [6, 6.07) is 3.59. The molecule has 1 aliphatic heterocycles.